The fourth-order valence-electron chi connectivity index (χ4n) is 1.96. The Balaban J connectivity index is 2.42. The van der Waals surface area contributed by atoms with Crippen molar-refractivity contribution in [1.29, 1.82) is 0 Å². The lowest BCUT2D eigenvalue weighted by Gasteiger charge is -2.21. The van der Waals surface area contributed by atoms with Gasteiger partial charge in [0.05, 0.1) is 5.69 Å². The number of anilines is 3. The minimum Gasteiger partial charge on any atom is -0.370 e. The summed E-state index contributed by atoms with van der Waals surface area (Å²) >= 11 is 0. The van der Waals surface area contributed by atoms with E-state index in [9.17, 15) is 4.39 Å². The summed E-state index contributed by atoms with van der Waals surface area (Å²) in [4.78, 5) is 10.2. The van der Waals surface area contributed by atoms with Gasteiger partial charge in [0.15, 0.2) is 0 Å². The fourth-order valence-corrected chi connectivity index (χ4v) is 1.96. The van der Waals surface area contributed by atoms with Crippen LogP contribution in [0.15, 0.2) is 30.6 Å². The molecule has 1 N–H and O–H groups in total. The molecule has 1 heterocycles. The second-order valence-corrected chi connectivity index (χ2v) is 4.21. The van der Waals surface area contributed by atoms with Crippen LogP contribution in [0.5, 0.6) is 0 Å². The predicted molar refractivity (Wildman–Crippen MR) is 75.4 cm³/mol. The second kappa shape index (κ2) is 5.65. The molecule has 0 amide bonds. The van der Waals surface area contributed by atoms with E-state index in [1.165, 1.54) is 12.4 Å². The highest BCUT2D eigenvalue weighted by Crippen LogP contribution is 2.28. The van der Waals surface area contributed by atoms with E-state index in [4.69, 9.17) is 0 Å². The number of nitrogens with zero attached hydrogens (tertiary/aromatic N) is 3. The molecule has 19 heavy (non-hydrogen) atoms. The number of halogens is 1. The van der Waals surface area contributed by atoms with Crippen LogP contribution < -0.4 is 10.2 Å². The number of para-hydroxylation sites is 1. The number of benzene rings is 1. The first-order valence-electron chi connectivity index (χ1n) is 6.19. The van der Waals surface area contributed by atoms with Crippen molar-refractivity contribution in [3.63, 3.8) is 0 Å². The standard InChI is InChI=1S/C14H17FN4/c1-4-16-13-10(2)14(18-9-17-13)19(3)12-8-6-5-7-11(12)15/h5-9H,4H2,1-3H3,(H,16,17,18). The maximum atomic E-state index is 13.8. The average Bonchev–Trinajstić information content (AvgIpc) is 2.41. The van der Waals surface area contributed by atoms with E-state index >= 15 is 0 Å². The van der Waals surface area contributed by atoms with Gasteiger partial charge in [-0.15, -0.1) is 0 Å². The Morgan fingerprint density at radius 3 is 2.68 bits per heavy atom. The summed E-state index contributed by atoms with van der Waals surface area (Å²) in [5, 5.41) is 3.17. The van der Waals surface area contributed by atoms with Crippen molar-refractivity contribution in [3.8, 4) is 0 Å². The Labute approximate surface area is 112 Å². The van der Waals surface area contributed by atoms with E-state index in [1.54, 1.807) is 30.1 Å². The minimum atomic E-state index is -0.270. The van der Waals surface area contributed by atoms with Crippen LogP contribution in [0, 0.1) is 12.7 Å². The van der Waals surface area contributed by atoms with E-state index in [0.29, 0.717) is 11.5 Å². The van der Waals surface area contributed by atoms with Gasteiger partial charge >= 0.3 is 0 Å². The van der Waals surface area contributed by atoms with Crippen molar-refractivity contribution in [2.75, 3.05) is 23.8 Å². The van der Waals surface area contributed by atoms with Crippen LogP contribution in [0.2, 0.25) is 0 Å². The summed E-state index contributed by atoms with van der Waals surface area (Å²) in [7, 11) is 1.80. The summed E-state index contributed by atoms with van der Waals surface area (Å²) in [5.74, 6) is 1.19. The van der Waals surface area contributed by atoms with Gasteiger partial charge in [-0.25, -0.2) is 14.4 Å². The molecule has 4 nitrogen and oxygen atoms in total. The Kier molecular flexibility index (Phi) is 3.94. The molecular weight excluding hydrogens is 243 g/mol. The molecular formula is C14H17FN4. The molecule has 2 aromatic rings. The van der Waals surface area contributed by atoms with Gasteiger partial charge in [-0.3, -0.25) is 0 Å². The smallest absolute Gasteiger partial charge is 0.146 e. The van der Waals surface area contributed by atoms with E-state index < -0.39 is 0 Å². The Hall–Kier alpha value is -2.17. The largest absolute Gasteiger partial charge is 0.370 e. The maximum Gasteiger partial charge on any atom is 0.146 e. The molecule has 0 bridgehead atoms. The summed E-state index contributed by atoms with van der Waals surface area (Å²) < 4.78 is 13.8. The topological polar surface area (TPSA) is 41.1 Å². The van der Waals surface area contributed by atoms with Gasteiger partial charge in [-0.1, -0.05) is 12.1 Å². The van der Waals surface area contributed by atoms with Gasteiger partial charge in [0.2, 0.25) is 0 Å². The highest BCUT2D eigenvalue weighted by Gasteiger charge is 2.14. The van der Waals surface area contributed by atoms with Crippen molar-refractivity contribution in [1.82, 2.24) is 9.97 Å². The van der Waals surface area contributed by atoms with Crippen LogP contribution in [-0.2, 0) is 0 Å². The Morgan fingerprint density at radius 1 is 1.26 bits per heavy atom. The first-order valence-corrected chi connectivity index (χ1v) is 6.19. The first kappa shape index (κ1) is 13.3. The van der Waals surface area contributed by atoms with Crippen LogP contribution >= 0.6 is 0 Å². The van der Waals surface area contributed by atoms with Crippen LogP contribution in [0.3, 0.4) is 0 Å². The molecule has 0 aliphatic heterocycles. The van der Waals surface area contributed by atoms with Gasteiger partial charge < -0.3 is 10.2 Å². The lowest BCUT2D eigenvalue weighted by atomic mass is 10.2. The lowest BCUT2D eigenvalue weighted by Crippen LogP contribution is -2.16. The highest BCUT2D eigenvalue weighted by molar-refractivity contribution is 5.66. The van der Waals surface area contributed by atoms with E-state index in [1.807, 2.05) is 13.8 Å². The highest BCUT2D eigenvalue weighted by atomic mass is 19.1. The van der Waals surface area contributed by atoms with E-state index in [0.717, 1.165) is 17.9 Å². The SMILES string of the molecule is CCNc1ncnc(N(C)c2ccccc2F)c1C. The van der Waals surface area contributed by atoms with Crippen molar-refractivity contribution in [2.45, 2.75) is 13.8 Å². The van der Waals surface area contributed by atoms with Crippen molar-refractivity contribution in [2.24, 2.45) is 0 Å². The van der Waals surface area contributed by atoms with Gasteiger partial charge in [0.1, 0.15) is 23.8 Å². The Morgan fingerprint density at radius 2 is 2.00 bits per heavy atom. The van der Waals surface area contributed by atoms with E-state index in [-0.39, 0.29) is 5.82 Å². The zero-order chi connectivity index (χ0) is 13.8. The first-order chi connectivity index (χ1) is 9.15. The van der Waals surface area contributed by atoms with Crippen molar-refractivity contribution < 1.29 is 4.39 Å². The minimum absolute atomic E-state index is 0.270. The lowest BCUT2D eigenvalue weighted by molar-refractivity contribution is 0.627. The number of hydrogen-bond acceptors (Lipinski definition) is 4. The summed E-state index contributed by atoms with van der Waals surface area (Å²) in [6.45, 7) is 4.70. The quantitative estimate of drug-likeness (QED) is 0.917. The zero-order valence-electron chi connectivity index (χ0n) is 11.3. The van der Waals surface area contributed by atoms with Crippen molar-refractivity contribution >= 4 is 17.3 Å². The molecule has 1 aromatic carbocycles. The molecule has 0 fully saturated rings. The average molecular weight is 260 g/mol. The van der Waals surface area contributed by atoms with Crippen molar-refractivity contribution in [3.05, 3.63) is 42.0 Å². The third-order valence-corrected chi connectivity index (χ3v) is 2.93. The number of rotatable bonds is 4. The molecule has 0 saturated carbocycles. The molecule has 0 atom stereocenters. The third kappa shape index (κ3) is 2.65. The molecule has 5 heteroatoms. The number of hydrogen-bond donors (Lipinski definition) is 1. The molecule has 0 radical (unpaired) electrons. The Bertz CT molecular complexity index is 571. The normalized spacial score (nSPS) is 10.3. The summed E-state index contributed by atoms with van der Waals surface area (Å²) in [6.07, 6.45) is 1.48. The van der Waals surface area contributed by atoms with Gasteiger partial charge in [0.25, 0.3) is 0 Å². The van der Waals surface area contributed by atoms with Gasteiger partial charge in [-0.2, -0.15) is 0 Å². The summed E-state index contributed by atoms with van der Waals surface area (Å²) in [6, 6.07) is 6.64. The molecule has 0 aliphatic rings. The van der Waals surface area contributed by atoms with Crippen LogP contribution in [0.4, 0.5) is 21.7 Å². The molecule has 0 spiro atoms. The van der Waals surface area contributed by atoms with E-state index in [2.05, 4.69) is 15.3 Å². The number of aromatic nitrogens is 2. The summed E-state index contributed by atoms with van der Waals surface area (Å²) in [5.41, 5.74) is 1.39. The molecule has 100 valence electrons. The second-order valence-electron chi connectivity index (χ2n) is 4.21. The zero-order valence-corrected chi connectivity index (χ0v) is 11.3. The molecule has 2 rings (SSSR count). The van der Waals surface area contributed by atoms with Crippen LogP contribution in [0.25, 0.3) is 0 Å². The number of nitrogens with one attached hydrogen (secondary N) is 1. The fraction of sp³-hybridized carbons (Fsp3) is 0.286. The van der Waals surface area contributed by atoms with Crippen LogP contribution in [0.1, 0.15) is 12.5 Å². The maximum absolute atomic E-state index is 13.8. The molecule has 1 aromatic heterocycles. The molecule has 0 unspecified atom stereocenters. The van der Waals surface area contributed by atoms with Crippen LogP contribution in [-0.4, -0.2) is 23.6 Å². The molecule has 0 saturated heterocycles. The third-order valence-electron chi connectivity index (χ3n) is 2.93. The van der Waals surface area contributed by atoms with Gasteiger partial charge in [0, 0.05) is 19.2 Å². The van der Waals surface area contributed by atoms with Gasteiger partial charge in [-0.05, 0) is 26.0 Å². The molecule has 0 aliphatic carbocycles. The monoisotopic (exact) mass is 260 g/mol. The predicted octanol–water partition coefficient (Wildman–Crippen LogP) is 3.12.